The third kappa shape index (κ3) is 4.87. The quantitative estimate of drug-likeness (QED) is 0.737. The first-order chi connectivity index (χ1) is 8.93. The Balaban J connectivity index is 2.77. The van der Waals surface area contributed by atoms with Crippen LogP contribution in [0.15, 0.2) is 29.8 Å². The molecule has 0 saturated heterocycles. The van der Waals surface area contributed by atoms with Crippen LogP contribution < -0.4 is 4.74 Å². The Morgan fingerprint density at radius 1 is 1.32 bits per heavy atom. The van der Waals surface area contributed by atoms with Gasteiger partial charge >= 0.3 is 0 Å². The highest BCUT2D eigenvalue weighted by Gasteiger charge is 2.15. The van der Waals surface area contributed by atoms with Crippen LogP contribution in [0.4, 0.5) is 0 Å². The lowest BCUT2D eigenvalue weighted by Gasteiger charge is -2.16. The number of carbonyl (C=O) groups is 1. The van der Waals surface area contributed by atoms with E-state index >= 15 is 0 Å². The fourth-order valence-electron chi connectivity index (χ4n) is 2.04. The van der Waals surface area contributed by atoms with Crippen molar-refractivity contribution in [3.8, 4) is 5.75 Å². The Morgan fingerprint density at radius 2 is 1.89 bits per heavy atom. The number of benzene rings is 1. The summed E-state index contributed by atoms with van der Waals surface area (Å²) in [5.41, 5.74) is 1.81. The van der Waals surface area contributed by atoms with Gasteiger partial charge in [-0.2, -0.15) is 0 Å². The molecule has 104 valence electrons. The first kappa shape index (κ1) is 15.4. The molecule has 1 aromatic carbocycles. The number of hydrogen-bond acceptors (Lipinski definition) is 3. The van der Waals surface area contributed by atoms with Gasteiger partial charge < -0.3 is 9.64 Å². The molecule has 0 fully saturated rings. The Bertz CT molecular complexity index is 446. The highest BCUT2D eigenvalue weighted by molar-refractivity contribution is 6.00. The third-order valence-corrected chi connectivity index (χ3v) is 2.97. The molecule has 0 bridgehead atoms. The van der Waals surface area contributed by atoms with Crippen molar-refractivity contribution < 1.29 is 9.53 Å². The van der Waals surface area contributed by atoms with Gasteiger partial charge in [0.15, 0.2) is 5.78 Å². The predicted octanol–water partition coefficient (Wildman–Crippen LogP) is 2.87. The summed E-state index contributed by atoms with van der Waals surface area (Å²) in [6.07, 6.45) is 1.92. The van der Waals surface area contributed by atoms with Crippen LogP contribution in [-0.2, 0) is 4.79 Å². The van der Waals surface area contributed by atoms with E-state index in [1.807, 2.05) is 63.2 Å². The molecule has 19 heavy (non-hydrogen) atoms. The lowest BCUT2D eigenvalue weighted by atomic mass is 9.98. The van der Waals surface area contributed by atoms with Crippen LogP contribution in [-0.4, -0.2) is 38.4 Å². The Hall–Kier alpha value is -1.61. The molecule has 0 N–H and O–H groups in total. The summed E-state index contributed by atoms with van der Waals surface area (Å²) in [6, 6.07) is 7.69. The minimum Gasteiger partial charge on any atom is -0.497 e. The second-order valence-corrected chi connectivity index (χ2v) is 5.13. The molecule has 0 radical (unpaired) electrons. The summed E-state index contributed by atoms with van der Waals surface area (Å²) in [4.78, 5) is 14.2. The monoisotopic (exact) mass is 261 g/mol. The Morgan fingerprint density at radius 3 is 2.37 bits per heavy atom. The molecule has 1 atom stereocenters. The van der Waals surface area contributed by atoms with Crippen molar-refractivity contribution in [2.24, 2.45) is 5.92 Å². The predicted molar refractivity (Wildman–Crippen MR) is 79.4 cm³/mol. The minimum absolute atomic E-state index is 0.0181. The number of carbonyl (C=O) groups excluding carboxylic acids is 1. The van der Waals surface area contributed by atoms with E-state index in [0.29, 0.717) is 0 Å². The van der Waals surface area contributed by atoms with E-state index < -0.39 is 0 Å². The molecule has 1 rings (SSSR count). The fourth-order valence-corrected chi connectivity index (χ4v) is 2.04. The average molecular weight is 261 g/mol. The molecule has 1 unspecified atom stereocenters. The van der Waals surface area contributed by atoms with Gasteiger partial charge in [0, 0.05) is 12.5 Å². The second kappa shape index (κ2) is 7.10. The van der Waals surface area contributed by atoms with E-state index in [9.17, 15) is 4.79 Å². The van der Waals surface area contributed by atoms with Gasteiger partial charge in [-0.1, -0.05) is 19.1 Å². The zero-order chi connectivity index (χ0) is 14.4. The molecule has 0 spiro atoms. The van der Waals surface area contributed by atoms with Gasteiger partial charge in [0.1, 0.15) is 5.75 Å². The van der Waals surface area contributed by atoms with E-state index in [1.165, 1.54) is 0 Å². The smallest absolute Gasteiger partial charge is 0.162 e. The fraction of sp³-hybridized carbons (Fsp3) is 0.438. The number of ether oxygens (including phenoxy) is 1. The number of ketones is 1. The third-order valence-electron chi connectivity index (χ3n) is 2.97. The highest BCUT2D eigenvalue weighted by atomic mass is 16.5. The van der Waals surface area contributed by atoms with E-state index in [4.69, 9.17) is 4.74 Å². The summed E-state index contributed by atoms with van der Waals surface area (Å²) in [6.45, 7) is 4.61. The molecule has 0 aliphatic rings. The van der Waals surface area contributed by atoms with Crippen molar-refractivity contribution in [2.75, 3.05) is 27.7 Å². The molecule has 1 aromatic rings. The zero-order valence-electron chi connectivity index (χ0n) is 12.4. The normalized spacial score (nSPS) is 13.5. The van der Waals surface area contributed by atoms with Crippen molar-refractivity contribution in [3.63, 3.8) is 0 Å². The van der Waals surface area contributed by atoms with Gasteiger partial charge in [0.05, 0.1) is 7.11 Å². The van der Waals surface area contributed by atoms with Crippen molar-refractivity contribution in [3.05, 3.63) is 35.4 Å². The summed E-state index contributed by atoms with van der Waals surface area (Å²) in [5, 5.41) is 0. The largest absolute Gasteiger partial charge is 0.497 e. The average Bonchev–Trinajstić information content (AvgIpc) is 2.37. The maximum absolute atomic E-state index is 12.2. The van der Waals surface area contributed by atoms with Crippen LogP contribution in [0.5, 0.6) is 5.75 Å². The maximum Gasteiger partial charge on any atom is 0.162 e. The number of Topliss-reactive ketones (excluding diaryl/α,β-unsaturated/α-hetero) is 1. The topological polar surface area (TPSA) is 29.5 Å². The SMILES string of the molecule is COc1ccc(C=C(C)C(=O)C(C)CN(C)C)cc1. The van der Waals surface area contributed by atoms with Crippen LogP contribution in [0, 0.1) is 5.92 Å². The minimum atomic E-state index is 0.0181. The van der Waals surface area contributed by atoms with E-state index in [-0.39, 0.29) is 11.7 Å². The van der Waals surface area contributed by atoms with E-state index in [1.54, 1.807) is 7.11 Å². The Labute approximate surface area is 115 Å². The van der Waals surface area contributed by atoms with Crippen molar-refractivity contribution in [1.29, 1.82) is 0 Å². The van der Waals surface area contributed by atoms with Crippen molar-refractivity contribution in [1.82, 2.24) is 4.90 Å². The van der Waals surface area contributed by atoms with Crippen LogP contribution in [0.2, 0.25) is 0 Å². The van der Waals surface area contributed by atoms with Gasteiger partial charge in [-0.25, -0.2) is 0 Å². The number of methoxy groups -OCH3 is 1. The molecule has 0 aromatic heterocycles. The molecular formula is C16H23NO2. The van der Waals surface area contributed by atoms with E-state index in [0.717, 1.165) is 23.4 Å². The molecular weight excluding hydrogens is 238 g/mol. The maximum atomic E-state index is 12.2. The number of hydrogen-bond donors (Lipinski definition) is 0. The van der Waals surface area contributed by atoms with Gasteiger partial charge in [0.2, 0.25) is 0 Å². The number of allylic oxidation sites excluding steroid dienone is 1. The number of rotatable bonds is 6. The molecule has 0 amide bonds. The molecule has 0 saturated carbocycles. The molecule has 0 aliphatic heterocycles. The van der Waals surface area contributed by atoms with Crippen LogP contribution in [0.25, 0.3) is 6.08 Å². The lowest BCUT2D eigenvalue weighted by Crippen LogP contribution is -2.26. The lowest BCUT2D eigenvalue weighted by molar-refractivity contribution is -0.119. The van der Waals surface area contributed by atoms with E-state index in [2.05, 4.69) is 0 Å². The number of nitrogens with zero attached hydrogens (tertiary/aromatic N) is 1. The summed E-state index contributed by atoms with van der Waals surface area (Å²) < 4.78 is 5.11. The van der Waals surface area contributed by atoms with Gasteiger partial charge in [-0.15, -0.1) is 0 Å². The molecule has 3 nitrogen and oxygen atoms in total. The zero-order valence-corrected chi connectivity index (χ0v) is 12.4. The standard InChI is InChI=1S/C16H23NO2/c1-12(16(18)13(2)11-17(3)4)10-14-6-8-15(19-5)9-7-14/h6-10,13H,11H2,1-5H3. The Kier molecular flexibility index (Phi) is 5.77. The molecule has 0 heterocycles. The summed E-state index contributed by atoms with van der Waals surface area (Å²) >= 11 is 0. The first-order valence-electron chi connectivity index (χ1n) is 6.45. The molecule has 0 aliphatic carbocycles. The van der Waals surface area contributed by atoms with Crippen molar-refractivity contribution >= 4 is 11.9 Å². The molecule has 3 heteroatoms. The first-order valence-corrected chi connectivity index (χ1v) is 6.45. The van der Waals surface area contributed by atoms with Gasteiger partial charge in [0.25, 0.3) is 0 Å². The summed E-state index contributed by atoms with van der Waals surface area (Å²) in [5.74, 6) is 1.04. The van der Waals surface area contributed by atoms with Crippen molar-refractivity contribution in [2.45, 2.75) is 13.8 Å². The highest BCUT2D eigenvalue weighted by Crippen LogP contribution is 2.16. The summed E-state index contributed by atoms with van der Waals surface area (Å²) in [7, 11) is 5.60. The van der Waals surface area contributed by atoms with Crippen LogP contribution in [0.1, 0.15) is 19.4 Å². The van der Waals surface area contributed by atoms with Gasteiger partial charge in [-0.05, 0) is 50.4 Å². The second-order valence-electron chi connectivity index (χ2n) is 5.13. The van der Waals surface area contributed by atoms with Crippen LogP contribution in [0.3, 0.4) is 0 Å². The van der Waals surface area contributed by atoms with Gasteiger partial charge in [-0.3, -0.25) is 4.79 Å². The van der Waals surface area contributed by atoms with Crippen LogP contribution >= 0.6 is 0 Å².